The molecule has 0 aliphatic rings. The van der Waals surface area contributed by atoms with Crippen molar-refractivity contribution in [2.75, 3.05) is 11.5 Å². The Balaban J connectivity index is 1.66. The highest BCUT2D eigenvalue weighted by Gasteiger charge is 2.61. The van der Waals surface area contributed by atoms with Crippen LogP contribution in [0.3, 0.4) is 0 Å². The maximum absolute atomic E-state index is 15.0. The first-order valence-corrected chi connectivity index (χ1v) is 22.0. The van der Waals surface area contributed by atoms with Gasteiger partial charge in [0.05, 0.1) is 5.04 Å². The predicted octanol–water partition coefficient (Wildman–Crippen LogP) is 11.1. The Labute approximate surface area is 347 Å². The van der Waals surface area contributed by atoms with Crippen LogP contribution in [0.25, 0.3) is 44.5 Å². The predicted molar refractivity (Wildman–Crippen MR) is 250 cm³/mol. The zero-order valence-corrected chi connectivity index (χ0v) is 33.6. The number of hydrogen-bond acceptors (Lipinski definition) is 3. The Morgan fingerprint density at radius 1 is 0.339 bits per heavy atom. The molecule has 9 rings (SSSR count). The van der Waals surface area contributed by atoms with Crippen molar-refractivity contribution >= 4 is 30.1 Å². The van der Waals surface area contributed by atoms with Crippen molar-refractivity contribution in [2.24, 2.45) is 0 Å². The molecule has 1 atom stereocenters. The standard InChI is InChI=1S/C55H44N2OSi/c56-48-39-23-22-38-47(48)55(44-32-16-5-17-33-44,59(58,45-34-18-6-19-35-45)46-36-20-7-21-37-46)53-51(42-28-12-3-13-29-42)49(40-24-8-1-9-25-40)50(41-26-10-2-11-27-41)52(54(53)57)43-30-14-4-15-31-43/h1-39,58H,56-57H2. The van der Waals surface area contributed by atoms with Crippen LogP contribution in [0.2, 0.25) is 0 Å². The molecule has 0 aromatic heterocycles. The molecule has 3 nitrogen and oxygen atoms in total. The van der Waals surface area contributed by atoms with Gasteiger partial charge in [0.25, 0.3) is 8.32 Å². The highest BCUT2D eigenvalue weighted by Crippen LogP contribution is 2.59. The molecule has 1 unspecified atom stereocenters. The Kier molecular flexibility index (Phi) is 10.1. The van der Waals surface area contributed by atoms with Gasteiger partial charge in [0, 0.05) is 22.5 Å². The van der Waals surface area contributed by atoms with Crippen molar-refractivity contribution in [3.63, 3.8) is 0 Å². The van der Waals surface area contributed by atoms with Gasteiger partial charge in [-0.05, 0) is 66.5 Å². The summed E-state index contributed by atoms with van der Waals surface area (Å²) in [5.41, 5.74) is 27.0. The van der Waals surface area contributed by atoms with Gasteiger partial charge in [0.1, 0.15) is 0 Å². The van der Waals surface area contributed by atoms with Gasteiger partial charge in [-0.25, -0.2) is 0 Å². The molecule has 0 aliphatic carbocycles. The molecular formula is C55H44N2OSi. The van der Waals surface area contributed by atoms with Gasteiger partial charge in [0.2, 0.25) is 0 Å². The molecular weight excluding hydrogens is 733 g/mol. The van der Waals surface area contributed by atoms with E-state index in [9.17, 15) is 4.80 Å². The molecule has 0 bridgehead atoms. The lowest BCUT2D eigenvalue weighted by atomic mass is 9.72. The van der Waals surface area contributed by atoms with Crippen molar-refractivity contribution in [3.05, 3.63) is 253 Å². The van der Waals surface area contributed by atoms with Crippen molar-refractivity contribution in [2.45, 2.75) is 5.04 Å². The number of para-hydroxylation sites is 1. The first-order chi connectivity index (χ1) is 29.0. The van der Waals surface area contributed by atoms with Crippen molar-refractivity contribution in [1.82, 2.24) is 0 Å². The summed E-state index contributed by atoms with van der Waals surface area (Å²) in [4.78, 5) is 15.0. The van der Waals surface area contributed by atoms with E-state index in [1.807, 2.05) is 78.9 Å². The number of hydrogen-bond donors (Lipinski definition) is 3. The van der Waals surface area contributed by atoms with Crippen LogP contribution in [0, 0.1) is 0 Å². The molecule has 0 radical (unpaired) electrons. The van der Waals surface area contributed by atoms with Gasteiger partial charge in [-0.1, -0.05) is 231 Å². The molecule has 5 N–H and O–H groups in total. The molecule has 284 valence electrons. The maximum Gasteiger partial charge on any atom is 0.272 e. The van der Waals surface area contributed by atoms with E-state index in [4.69, 9.17) is 11.5 Å². The van der Waals surface area contributed by atoms with E-state index >= 15 is 0 Å². The average molecular weight is 777 g/mol. The van der Waals surface area contributed by atoms with Gasteiger partial charge in [-0.2, -0.15) is 0 Å². The lowest BCUT2D eigenvalue weighted by molar-refractivity contribution is 0.528. The molecule has 0 spiro atoms. The fourth-order valence-electron chi connectivity index (χ4n) is 9.25. The van der Waals surface area contributed by atoms with Crippen LogP contribution in [0.15, 0.2) is 237 Å². The summed E-state index contributed by atoms with van der Waals surface area (Å²) < 4.78 is 0. The molecule has 9 aromatic rings. The van der Waals surface area contributed by atoms with E-state index < -0.39 is 13.4 Å². The second kappa shape index (κ2) is 16.0. The van der Waals surface area contributed by atoms with Crippen LogP contribution >= 0.6 is 0 Å². The van der Waals surface area contributed by atoms with Crippen molar-refractivity contribution < 1.29 is 4.80 Å². The number of anilines is 2. The van der Waals surface area contributed by atoms with Gasteiger partial charge >= 0.3 is 0 Å². The van der Waals surface area contributed by atoms with Crippen molar-refractivity contribution in [3.8, 4) is 44.5 Å². The minimum atomic E-state index is -4.24. The van der Waals surface area contributed by atoms with E-state index in [0.717, 1.165) is 71.6 Å². The average Bonchev–Trinajstić information content (AvgIpc) is 3.31. The van der Waals surface area contributed by atoms with Gasteiger partial charge in [-0.15, -0.1) is 0 Å². The highest BCUT2D eigenvalue weighted by atomic mass is 28.4. The van der Waals surface area contributed by atoms with Crippen LogP contribution in [0.1, 0.15) is 16.7 Å². The Bertz CT molecular complexity index is 2780. The van der Waals surface area contributed by atoms with Crippen molar-refractivity contribution in [1.29, 1.82) is 0 Å². The summed E-state index contributed by atoms with van der Waals surface area (Å²) >= 11 is 0. The lowest BCUT2D eigenvalue weighted by Gasteiger charge is -2.50. The van der Waals surface area contributed by atoms with Crippen LogP contribution in [0.5, 0.6) is 0 Å². The largest absolute Gasteiger partial charge is 0.423 e. The quantitative estimate of drug-likeness (QED) is 0.0736. The third-order valence-corrected chi connectivity index (χ3v) is 15.9. The second-order valence-electron chi connectivity index (χ2n) is 14.9. The zero-order chi connectivity index (χ0) is 40.2. The third-order valence-electron chi connectivity index (χ3n) is 11.7. The van der Waals surface area contributed by atoms with E-state index in [0.29, 0.717) is 11.4 Å². The van der Waals surface area contributed by atoms with Gasteiger partial charge in [0.15, 0.2) is 0 Å². The first kappa shape index (κ1) is 37.3. The summed E-state index contributed by atoms with van der Waals surface area (Å²) in [7, 11) is -4.24. The Hall–Kier alpha value is -7.24. The molecule has 0 saturated carbocycles. The number of benzene rings is 9. The smallest absolute Gasteiger partial charge is 0.272 e. The number of rotatable bonds is 10. The van der Waals surface area contributed by atoms with Crippen LogP contribution < -0.4 is 21.8 Å². The topological polar surface area (TPSA) is 72.3 Å². The summed E-state index contributed by atoms with van der Waals surface area (Å²) in [6, 6.07) is 81.0. The van der Waals surface area contributed by atoms with Crippen LogP contribution in [-0.4, -0.2) is 13.1 Å². The van der Waals surface area contributed by atoms with Crippen LogP contribution in [0.4, 0.5) is 11.4 Å². The molecule has 0 amide bonds. The first-order valence-electron chi connectivity index (χ1n) is 20.0. The van der Waals surface area contributed by atoms with Crippen LogP contribution in [-0.2, 0) is 5.04 Å². The molecule has 0 aliphatic heterocycles. The Morgan fingerprint density at radius 2 is 0.661 bits per heavy atom. The van der Waals surface area contributed by atoms with E-state index in [1.54, 1.807) is 0 Å². The normalized spacial score (nSPS) is 12.4. The summed E-state index contributed by atoms with van der Waals surface area (Å²) in [6.07, 6.45) is 0. The number of nitrogen functional groups attached to an aromatic ring is 2. The van der Waals surface area contributed by atoms with Gasteiger partial charge < -0.3 is 16.3 Å². The molecule has 0 heterocycles. The van der Waals surface area contributed by atoms with E-state index in [-0.39, 0.29) is 0 Å². The monoisotopic (exact) mass is 776 g/mol. The third kappa shape index (κ3) is 6.27. The lowest BCUT2D eigenvalue weighted by Crippen LogP contribution is -2.73. The minimum Gasteiger partial charge on any atom is -0.423 e. The second-order valence-corrected chi connectivity index (χ2v) is 18.2. The molecule has 9 aromatic carbocycles. The maximum atomic E-state index is 15.0. The summed E-state index contributed by atoms with van der Waals surface area (Å²) in [5, 5.41) is 0.289. The summed E-state index contributed by atoms with van der Waals surface area (Å²) in [6.45, 7) is 0. The van der Waals surface area contributed by atoms with E-state index in [2.05, 4.69) is 158 Å². The molecule has 59 heavy (non-hydrogen) atoms. The van der Waals surface area contributed by atoms with Gasteiger partial charge in [-0.3, -0.25) is 0 Å². The van der Waals surface area contributed by atoms with E-state index in [1.165, 1.54) is 0 Å². The molecule has 0 saturated heterocycles. The SMILES string of the molecule is Nc1ccccc1C(c1ccccc1)(c1c(N)c(-c2ccccc2)c(-c2ccccc2)c(-c2ccccc2)c1-c1ccccc1)[Si](O)(c1ccccc1)c1ccccc1. The number of nitrogens with two attached hydrogens (primary N) is 2. The highest BCUT2D eigenvalue weighted by molar-refractivity contribution is 6.99. The minimum absolute atomic E-state index is 0.558. The fraction of sp³-hybridized carbons (Fsp3) is 0.0182. The summed E-state index contributed by atoms with van der Waals surface area (Å²) in [5.74, 6) is 0. The molecule has 4 heteroatoms. The fourth-order valence-corrected chi connectivity index (χ4v) is 13.6. The Morgan fingerprint density at radius 3 is 1.08 bits per heavy atom. The zero-order valence-electron chi connectivity index (χ0n) is 32.6. The molecule has 0 fully saturated rings.